The van der Waals surface area contributed by atoms with E-state index in [1.54, 1.807) is 14.2 Å². The van der Waals surface area contributed by atoms with Gasteiger partial charge in [-0.05, 0) is 128 Å². The van der Waals surface area contributed by atoms with Gasteiger partial charge in [-0.25, -0.2) is 9.97 Å². The number of ether oxygens (including phenoxy) is 4. The zero-order valence-corrected chi connectivity index (χ0v) is 41.9. The third kappa shape index (κ3) is 10.1. The first-order chi connectivity index (χ1) is 31.5. The topological polar surface area (TPSA) is 94.3 Å². The summed E-state index contributed by atoms with van der Waals surface area (Å²) in [7, 11) is 1.31. The van der Waals surface area contributed by atoms with Gasteiger partial charge in [-0.15, -0.1) is 12.0 Å². The summed E-state index contributed by atoms with van der Waals surface area (Å²) in [5.41, 5.74) is 16.7. The number of hydrogen-bond donors (Lipinski definition) is 2. The number of H-pyrrole nitrogens is 2. The van der Waals surface area contributed by atoms with Crippen LogP contribution >= 0.6 is 0 Å². The molecule has 7 rings (SSSR count). The van der Waals surface area contributed by atoms with E-state index in [2.05, 4.69) is 151 Å². The number of nitrogens with one attached hydrogen (secondary N) is 2. The molecule has 342 valence electrons. The monoisotopic (exact) mass is 898 g/mol. The molecule has 66 heavy (non-hydrogen) atoms. The first kappa shape index (κ1) is 47.8. The van der Waals surface area contributed by atoms with Crippen molar-refractivity contribution in [3.05, 3.63) is 107 Å². The number of fused-ring (bicyclic) bond motifs is 8. The van der Waals surface area contributed by atoms with E-state index in [1.807, 2.05) is 42.5 Å². The molecule has 8 nitrogen and oxygen atoms in total. The number of hydrogen-bond acceptors (Lipinski definition) is 6. The normalized spacial score (nSPS) is 12.8. The molecule has 0 radical (unpaired) electrons. The number of methoxy groups -OCH3 is 2. The summed E-state index contributed by atoms with van der Waals surface area (Å²) in [6.07, 6.45) is 16.1. The molecule has 9 heteroatoms. The predicted octanol–water partition coefficient (Wildman–Crippen LogP) is 13.9. The Morgan fingerprint density at radius 2 is 0.924 bits per heavy atom. The highest BCUT2D eigenvalue weighted by Crippen LogP contribution is 2.41. The number of aromatic amines is 2. The van der Waals surface area contributed by atoms with Gasteiger partial charge in [0.25, 0.3) is 0 Å². The number of benzene rings is 2. The molecule has 2 N–H and O–H groups in total. The van der Waals surface area contributed by atoms with Gasteiger partial charge in [0.1, 0.15) is 19.6 Å². The van der Waals surface area contributed by atoms with Crippen molar-refractivity contribution in [2.45, 2.75) is 110 Å². The third-order valence-electron chi connectivity index (χ3n) is 13.5. The molecular formula is C57H66N4O4Si. The fourth-order valence-corrected chi connectivity index (χ4v) is 14.4. The Balaban J connectivity index is 1.48. The smallest absolute Gasteiger partial charge is 0.146 e. The highest BCUT2D eigenvalue weighted by atomic mass is 28.3. The van der Waals surface area contributed by atoms with Crippen LogP contribution in [0.15, 0.2) is 72.8 Å². The number of nitrogens with zero attached hydrogens (tertiary/aromatic N) is 2. The van der Waals surface area contributed by atoms with Crippen molar-refractivity contribution in [1.29, 1.82) is 0 Å². The van der Waals surface area contributed by atoms with Crippen LogP contribution in [0.4, 0.5) is 0 Å². The molecule has 0 aliphatic carbocycles. The van der Waals surface area contributed by atoms with E-state index >= 15 is 0 Å². The van der Waals surface area contributed by atoms with Crippen molar-refractivity contribution < 1.29 is 18.9 Å². The molecule has 8 bridgehead atoms. The molecule has 2 aliphatic rings. The second kappa shape index (κ2) is 19.8. The fraction of sp³-hybridized carbons (Fsp3) is 0.368. The molecule has 5 aromatic rings. The lowest BCUT2D eigenvalue weighted by Gasteiger charge is -2.38. The Hall–Kier alpha value is -6.10. The molecule has 5 heterocycles. The molecule has 0 amide bonds. The molecule has 0 fully saturated rings. The minimum atomic E-state index is -2.15. The van der Waals surface area contributed by atoms with Gasteiger partial charge in [0.05, 0.1) is 69.4 Å². The van der Waals surface area contributed by atoms with E-state index in [4.69, 9.17) is 35.3 Å². The van der Waals surface area contributed by atoms with Gasteiger partial charge in [0.2, 0.25) is 0 Å². The van der Waals surface area contributed by atoms with Crippen LogP contribution in [0.5, 0.6) is 11.5 Å². The van der Waals surface area contributed by atoms with Gasteiger partial charge in [-0.1, -0.05) is 77.6 Å². The van der Waals surface area contributed by atoms with Crippen molar-refractivity contribution in [3.8, 4) is 57.6 Å². The highest BCUT2D eigenvalue weighted by molar-refractivity contribution is 6.90. The molecule has 2 aliphatic heterocycles. The number of terminal acetylenes is 1. The van der Waals surface area contributed by atoms with E-state index in [-0.39, 0.29) is 11.2 Å². The van der Waals surface area contributed by atoms with Crippen LogP contribution in [0.2, 0.25) is 16.6 Å². The van der Waals surface area contributed by atoms with Crippen molar-refractivity contribution in [1.82, 2.24) is 19.9 Å². The van der Waals surface area contributed by atoms with Crippen LogP contribution in [-0.4, -0.2) is 66.6 Å². The van der Waals surface area contributed by atoms with Gasteiger partial charge in [0, 0.05) is 49.2 Å². The standard InChI is InChI=1S/C57H66N4O4Si/c1-14-44-46-23-27-50(58-46)54(40-15-19-42(20-16-40)64-34-32-56(8,9)62-12)52-29-25-48(60-52)45(31-36-66(37(2)3,38(4)5)39(6)7)49-26-30-53(61-49)55(51-28-24-47(44)59-51)41-17-21-43(22-18-41)65-35-33-57(10,11)63-13/h1,15-30,37-39,58,61H,32-35H2,2-13H3. The Kier molecular flexibility index (Phi) is 14.3. The Bertz CT molecular complexity index is 2810. The first-order valence-corrected chi connectivity index (χ1v) is 25.4. The summed E-state index contributed by atoms with van der Waals surface area (Å²) in [6, 6.07) is 24.7. The van der Waals surface area contributed by atoms with Crippen LogP contribution in [0, 0.1) is 23.8 Å². The summed E-state index contributed by atoms with van der Waals surface area (Å²) in [5, 5.41) is 0. The summed E-state index contributed by atoms with van der Waals surface area (Å²) in [4.78, 5) is 18.2. The van der Waals surface area contributed by atoms with Crippen LogP contribution in [0.1, 0.15) is 116 Å². The Morgan fingerprint density at radius 1 is 0.545 bits per heavy atom. The molecular weight excluding hydrogens is 833 g/mol. The highest BCUT2D eigenvalue weighted by Gasteiger charge is 2.41. The maximum atomic E-state index is 6.33. The molecule has 3 aromatic heterocycles. The summed E-state index contributed by atoms with van der Waals surface area (Å²) in [6.45, 7) is 23.4. The Labute approximate surface area is 393 Å². The van der Waals surface area contributed by atoms with E-state index in [9.17, 15) is 0 Å². The lowest BCUT2D eigenvalue weighted by molar-refractivity contribution is 0.00511. The van der Waals surface area contributed by atoms with Gasteiger partial charge in [0.15, 0.2) is 0 Å². The van der Waals surface area contributed by atoms with E-state index in [0.717, 1.165) is 91.3 Å². The van der Waals surface area contributed by atoms with Gasteiger partial charge in [-0.3, -0.25) is 0 Å². The number of rotatable bonds is 15. The van der Waals surface area contributed by atoms with Crippen molar-refractivity contribution in [3.63, 3.8) is 0 Å². The van der Waals surface area contributed by atoms with Gasteiger partial charge in [-0.2, -0.15) is 0 Å². The lowest BCUT2D eigenvalue weighted by atomic mass is 10.0. The summed E-state index contributed by atoms with van der Waals surface area (Å²) < 4.78 is 23.6. The van der Waals surface area contributed by atoms with E-state index in [1.165, 1.54) is 0 Å². The lowest BCUT2D eigenvalue weighted by Crippen LogP contribution is -2.43. The second-order valence-electron chi connectivity index (χ2n) is 19.5. The Morgan fingerprint density at radius 3 is 1.32 bits per heavy atom. The third-order valence-corrected chi connectivity index (χ3v) is 19.8. The maximum absolute atomic E-state index is 6.33. The zero-order chi connectivity index (χ0) is 47.4. The molecule has 0 saturated heterocycles. The predicted molar refractivity (Wildman–Crippen MR) is 278 cm³/mol. The van der Waals surface area contributed by atoms with E-state index < -0.39 is 8.07 Å². The summed E-state index contributed by atoms with van der Waals surface area (Å²) in [5.74, 6) is 8.35. The SMILES string of the molecule is C#Cc1c2nc(c(-c3ccc(OCCC(C)(C)OC)cc3)c3ccc([nH]3)c(C#C[Si](C(C)C)(C(C)C)C(C)C)c3nc(c(-c4ccc(OCCC(C)(C)OC)cc4)c4ccc1[nH]4)C=C3)C=C2. The van der Waals surface area contributed by atoms with Crippen molar-refractivity contribution >= 4 is 54.4 Å². The fourth-order valence-electron chi connectivity index (χ4n) is 9.17. The molecule has 0 spiro atoms. The molecule has 0 atom stereocenters. The van der Waals surface area contributed by atoms with Gasteiger partial charge >= 0.3 is 0 Å². The molecule has 0 unspecified atom stereocenters. The molecule has 0 saturated carbocycles. The van der Waals surface area contributed by atoms with Crippen LogP contribution in [0.25, 0.3) is 68.6 Å². The average Bonchev–Trinajstić information content (AvgIpc) is 4.14. The van der Waals surface area contributed by atoms with Crippen LogP contribution in [0.3, 0.4) is 0 Å². The zero-order valence-electron chi connectivity index (χ0n) is 40.9. The molecule has 2 aromatic carbocycles. The minimum absolute atomic E-state index is 0.269. The summed E-state index contributed by atoms with van der Waals surface area (Å²) >= 11 is 0. The van der Waals surface area contributed by atoms with Crippen molar-refractivity contribution in [2.75, 3.05) is 27.4 Å². The van der Waals surface area contributed by atoms with Crippen molar-refractivity contribution in [2.24, 2.45) is 0 Å². The van der Waals surface area contributed by atoms with Crippen LogP contribution in [-0.2, 0) is 9.47 Å². The minimum Gasteiger partial charge on any atom is -0.493 e. The largest absolute Gasteiger partial charge is 0.493 e. The maximum Gasteiger partial charge on any atom is 0.146 e. The quantitative estimate of drug-likeness (QED) is 0.0786. The number of aromatic nitrogens is 4. The van der Waals surface area contributed by atoms with Crippen LogP contribution < -0.4 is 9.47 Å². The average molecular weight is 899 g/mol. The van der Waals surface area contributed by atoms with Gasteiger partial charge < -0.3 is 28.9 Å². The van der Waals surface area contributed by atoms with E-state index in [0.29, 0.717) is 41.1 Å². The second-order valence-corrected chi connectivity index (χ2v) is 25.0. The first-order valence-electron chi connectivity index (χ1n) is 23.2.